The molecule has 2 amide bonds. The number of benzene rings is 1. The van der Waals surface area contributed by atoms with E-state index in [0.29, 0.717) is 0 Å². The number of aromatic hydroxyl groups is 1. The first-order valence-corrected chi connectivity index (χ1v) is 4.96. The van der Waals surface area contributed by atoms with E-state index in [9.17, 15) is 24.8 Å². The van der Waals surface area contributed by atoms with Crippen LogP contribution in [0, 0.1) is 10.1 Å². The minimum Gasteiger partial charge on any atom is -0.505 e. The Morgan fingerprint density at radius 3 is 2.44 bits per heavy atom. The zero-order valence-corrected chi connectivity index (χ0v) is 9.28. The molecule has 0 aromatic heterocycles. The predicted molar refractivity (Wildman–Crippen MR) is 61.0 cm³/mol. The van der Waals surface area contributed by atoms with Crippen LogP contribution in [0.5, 0.6) is 5.75 Å². The minimum atomic E-state index is -0.680. The van der Waals surface area contributed by atoms with E-state index in [-0.39, 0.29) is 16.9 Å². The molecule has 0 atom stereocenters. The van der Waals surface area contributed by atoms with Gasteiger partial charge in [-0.15, -0.1) is 0 Å². The Balaban J connectivity index is 2.45. The van der Waals surface area contributed by atoms with E-state index in [2.05, 4.69) is 0 Å². The first-order chi connectivity index (χ1) is 8.41. The van der Waals surface area contributed by atoms with Gasteiger partial charge in [0.25, 0.3) is 17.5 Å². The summed E-state index contributed by atoms with van der Waals surface area (Å²) in [5.74, 6) is -1.63. The van der Waals surface area contributed by atoms with Crippen LogP contribution >= 0.6 is 0 Å². The average Bonchev–Trinajstić information content (AvgIpc) is 2.54. The molecule has 18 heavy (non-hydrogen) atoms. The molecule has 1 aliphatic heterocycles. The van der Waals surface area contributed by atoms with Gasteiger partial charge in [-0.05, 0) is 13.0 Å². The summed E-state index contributed by atoms with van der Waals surface area (Å²) in [6.45, 7) is 1.47. The predicted octanol–water partition coefficient (Wildman–Crippen LogP) is 1.12. The maximum absolute atomic E-state index is 11.7. The lowest BCUT2D eigenvalue weighted by molar-refractivity contribution is -0.384. The van der Waals surface area contributed by atoms with Crippen LogP contribution < -0.4 is 4.90 Å². The number of imide groups is 1. The quantitative estimate of drug-likeness (QED) is 0.480. The molecule has 0 spiro atoms. The molecule has 2 rings (SSSR count). The largest absolute Gasteiger partial charge is 0.505 e. The number of nitrogens with zero attached hydrogens (tertiary/aromatic N) is 2. The number of nitro benzene ring substituents is 1. The number of amides is 2. The van der Waals surface area contributed by atoms with E-state index in [1.807, 2.05) is 0 Å². The lowest BCUT2D eigenvalue weighted by Gasteiger charge is -2.15. The molecule has 0 radical (unpaired) electrons. The second kappa shape index (κ2) is 3.95. The van der Waals surface area contributed by atoms with Crippen molar-refractivity contribution >= 4 is 23.2 Å². The number of phenols is 1. The number of nitro groups is 1. The van der Waals surface area contributed by atoms with Crippen LogP contribution in [0.1, 0.15) is 6.92 Å². The Kier molecular flexibility index (Phi) is 2.59. The molecule has 1 aliphatic rings. The van der Waals surface area contributed by atoms with E-state index in [0.717, 1.165) is 29.2 Å². The number of anilines is 1. The molecule has 7 nitrogen and oxygen atoms in total. The van der Waals surface area contributed by atoms with Crippen LogP contribution in [0.25, 0.3) is 0 Å². The Labute approximate surface area is 101 Å². The molecule has 0 saturated heterocycles. The van der Waals surface area contributed by atoms with Crippen molar-refractivity contribution in [1.29, 1.82) is 0 Å². The van der Waals surface area contributed by atoms with Crippen LogP contribution in [0.2, 0.25) is 0 Å². The fourth-order valence-electron chi connectivity index (χ4n) is 1.63. The van der Waals surface area contributed by atoms with Crippen molar-refractivity contribution in [1.82, 2.24) is 0 Å². The number of carbonyl (C=O) groups is 2. The van der Waals surface area contributed by atoms with Crippen molar-refractivity contribution in [3.8, 4) is 5.75 Å². The van der Waals surface area contributed by atoms with Crippen LogP contribution in [-0.4, -0.2) is 21.8 Å². The molecule has 0 unspecified atom stereocenters. The molecule has 0 aliphatic carbocycles. The van der Waals surface area contributed by atoms with Gasteiger partial charge in [0.15, 0.2) is 0 Å². The van der Waals surface area contributed by atoms with Gasteiger partial charge < -0.3 is 5.11 Å². The molecule has 1 heterocycles. The molecule has 0 fully saturated rings. The van der Waals surface area contributed by atoms with Crippen LogP contribution in [-0.2, 0) is 9.59 Å². The molecule has 92 valence electrons. The molecule has 1 N–H and O–H groups in total. The van der Waals surface area contributed by atoms with Crippen LogP contribution in [0.15, 0.2) is 29.8 Å². The number of hydrogen-bond donors (Lipinski definition) is 1. The second-order valence-electron chi connectivity index (χ2n) is 3.74. The van der Waals surface area contributed by atoms with Gasteiger partial charge in [-0.25, -0.2) is 4.90 Å². The Morgan fingerprint density at radius 2 is 2.00 bits per heavy atom. The van der Waals surface area contributed by atoms with Gasteiger partial charge in [0, 0.05) is 17.7 Å². The molecule has 0 saturated carbocycles. The number of phenolic OH excluding ortho intramolecular Hbond substituents is 1. The van der Waals surface area contributed by atoms with E-state index >= 15 is 0 Å². The highest BCUT2D eigenvalue weighted by Gasteiger charge is 2.32. The molecule has 7 heteroatoms. The topological polar surface area (TPSA) is 101 Å². The Hall–Kier alpha value is -2.70. The molecule has 1 aromatic carbocycles. The van der Waals surface area contributed by atoms with E-state index in [4.69, 9.17) is 0 Å². The zero-order chi connectivity index (χ0) is 13.4. The van der Waals surface area contributed by atoms with Gasteiger partial charge in [0.2, 0.25) is 0 Å². The van der Waals surface area contributed by atoms with Crippen molar-refractivity contribution < 1.29 is 19.6 Å². The van der Waals surface area contributed by atoms with Gasteiger partial charge in [-0.2, -0.15) is 0 Å². The minimum absolute atomic E-state index is 0.0660. The molecular weight excluding hydrogens is 240 g/mol. The maximum atomic E-state index is 11.7. The zero-order valence-electron chi connectivity index (χ0n) is 9.28. The summed E-state index contributed by atoms with van der Waals surface area (Å²) in [5, 5.41) is 20.2. The van der Waals surface area contributed by atoms with E-state index < -0.39 is 22.5 Å². The summed E-state index contributed by atoms with van der Waals surface area (Å²) >= 11 is 0. The van der Waals surface area contributed by atoms with Crippen LogP contribution in [0.3, 0.4) is 0 Å². The molecule has 1 aromatic rings. The van der Waals surface area contributed by atoms with Gasteiger partial charge in [-0.3, -0.25) is 19.7 Å². The summed E-state index contributed by atoms with van der Waals surface area (Å²) in [7, 11) is 0. The summed E-state index contributed by atoms with van der Waals surface area (Å²) in [6, 6.07) is 3.17. The smallest absolute Gasteiger partial charge is 0.273 e. The van der Waals surface area contributed by atoms with Crippen molar-refractivity contribution in [2.75, 3.05) is 4.90 Å². The second-order valence-corrected chi connectivity index (χ2v) is 3.74. The highest BCUT2D eigenvalue weighted by molar-refractivity contribution is 6.30. The molecular formula is C11H8N2O5. The number of rotatable bonds is 2. The monoisotopic (exact) mass is 248 g/mol. The highest BCUT2D eigenvalue weighted by Crippen LogP contribution is 2.33. The third kappa shape index (κ3) is 1.71. The van der Waals surface area contributed by atoms with Gasteiger partial charge >= 0.3 is 0 Å². The van der Waals surface area contributed by atoms with Gasteiger partial charge in [0.1, 0.15) is 5.75 Å². The Morgan fingerprint density at radius 1 is 1.33 bits per heavy atom. The van der Waals surface area contributed by atoms with Crippen molar-refractivity contribution in [3.05, 3.63) is 40.0 Å². The molecule has 0 bridgehead atoms. The number of hydrogen-bond acceptors (Lipinski definition) is 5. The van der Waals surface area contributed by atoms with E-state index in [1.165, 1.54) is 6.92 Å². The normalized spacial score (nSPS) is 14.9. The number of non-ortho nitro benzene ring substituents is 1. The average molecular weight is 248 g/mol. The van der Waals surface area contributed by atoms with Crippen molar-refractivity contribution in [2.24, 2.45) is 0 Å². The van der Waals surface area contributed by atoms with Gasteiger partial charge in [0.05, 0.1) is 16.7 Å². The van der Waals surface area contributed by atoms with Crippen LogP contribution in [0.4, 0.5) is 11.4 Å². The lowest BCUT2D eigenvalue weighted by atomic mass is 10.2. The SMILES string of the molecule is CC1=CC(=O)N(c2ccc([N+](=O)[O-])cc2O)C1=O. The van der Waals surface area contributed by atoms with E-state index in [1.54, 1.807) is 0 Å². The third-order valence-corrected chi connectivity index (χ3v) is 2.51. The van der Waals surface area contributed by atoms with Gasteiger partial charge in [-0.1, -0.05) is 0 Å². The third-order valence-electron chi connectivity index (χ3n) is 2.51. The first kappa shape index (κ1) is 11.8. The first-order valence-electron chi connectivity index (χ1n) is 4.96. The fourth-order valence-corrected chi connectivity index (χ4v) is 1.63. The summed E-state index contributed by atoms with van der Waals surface area (Å²) in [5.41, 5.74) is -0.138. The van der Waals surface area contributed by atoms with Crippen molar-refractivity contribution in [2.45, 2.75) is 6.92 Å². The summed E-state index contributed by atoms with van der Waals surface area (Å²) < 4.78 is 0. The Bertz CT molecular complexity index is 605. The maximum Gasteiger partial charge on any atom is 0.273 e. The summed E-state index contributed by atoms with van der Waals surface area (Å²) in [4.78, 5) is 33.8. The number of carbonyl (C=O) groups excluding carboxylic acids is 2. The summed E-state index contributed by atoms with van der Waals surface area (Å²) in [6.07, 6.45) is 1.14. The van der Waals surface area contributed by atoms with Crippen molar-refractivity contribution in [3.63, 3.8) is 0 Å². The fraction of sp³-hybridized carbons (Fsp3) is 0.0909. The standard InChI is InChI=1S/C11H8N2O5/c1-6-4-10(15)12(11(6)16)8-3-2-7(13(17)18)5-9(8)14/h2-5,14H,1H3. The highest BCUT2D eigenvalue weighted by atomic mass is 16.6. The lowest BCUT2D eigenvalue weighted by Crippen LogP contribution is -2.30.